The Kier molecular flexibility index (Phi) is 7.09. The molecule has 0 aromatic carbocycles. The lowest BCUT2D eigenvalue weighted by atomic mass is 10.0. The Hall–Kier alpha value is -3.76. The van der Waals surface area contributed by atoms with Gasteiger partial charge in [0.1, 0.15) is 28.5 Å². The molecule has 2 aromatic heterocycles. The monoisotopic (exact) mass is 556 g/mol. The van der Waals surface area contributed by atoms with Crippen molar-refractivity contribution < 1.29 is 34.6 Å². The molecule has 190 valence electrons. The molecule has 36 heavy (non-hydrogen) atoms. The highest BCUT2D eigenvalue weighted by molar-refractivity contribution is 8.00. The quantitative estimate of drug-likeness (QED) is 0.0938. The van der Waals surface area contributed by atoms with Crippen LogP contribution in [0.1, 0.15) is 11.4 Å². The molecule has 4 heterocycles. The molecule has 1 saturated heterocycles. The summed E-state index contributed by atoms with van der Waals surface area (Å²) >= 11 is 8.09. The van der Waals surface area contributed by atoms with Crippen molar-refractivity contribution in [3.05, 3.63) is 50.5 Å². The largest absolute Gasteiger partial charge is 0.503 e. The number of β-lactam (4-membered cyclic amide) rings is 1. The summed E-state index contributed by atoms with van der Waals surface area (Å²) in [5.74, 6) is -3.24. The van der Waals surface area contributed by atoms with Gasteiger partial charge in [0.05, 0.1) is 6.20 Å². The second-order valence-electron chi connectivity index (χ2n) is 7.40. The number of aromatic nitrogens is 2. The average molecular weight is 557 g/mol. The number of nitrogens with one attached hydrogen (secondary N) is 1. The first kappa shape index (κ1) is 25.3. The molecule has 2 atom stereocenters. The van der Waals surface area contributed by atoms with E-state index in [1.165, 1.54) is 17.1 Å². The molecule has 17 heteroatoms. The molecule has 4 rings (SSSR count). The molecule has 0 unspecified atom stereocenters. The number of carboxylic acid groups (broad SMARTS) is 1. The number of carbonyl (C=O) groups excluding carboxylic acids is 2. The van der Waals surface area contributed by atoms with E-state index in [1.54, 1.807) is 0 Å². The maximum atomic E-state index is 13.1. The number of pyridine rings is 1. The third-order valence-corrected chi connectivity index (χ3v) is 7.47. The number of anilines is 1. The topological polar surface area (TPSA) is 210 Å². The number of thioether (sulfide) groups is 1. The number of aromatic hydroxyl groups is 1. The number of fused-ring (bicyclic) bond motifs is 1. The normalized spacial score (nSPS) is 19.5. The average Bonchev–Trinajstić information content (AvgIpc) is 3.27. The van der Waals surface area contributed by atoms with Crippen LogP contribution in [0, 0.1) is 0 Å². The number of amides is 2. The number of nitrogens with two attached hydrogens (primary N) is 1. The second kappa shape index (κ2) is 10.1. The van der Waals surface area contributed by atoms with E-state index in [0.717, 1.165) is 28.5 Å². The molecule has 14 nitrogen and oxygen atoms in total. The second-order valence-corrected chi connectivity index (χ2v) is 9.66. The van der Waals surface area contributed by atoms with Crippen LogP contribution in [0.25, 0.3) is 0 Å². The molecular weight excluding hydrogens is 540 g/mol. The Labute approximate surface area is 214 Å². The zero-order chi connectivity index (χ0) is 26.1. The number of oxime groups is 1. The standard InChI is InChI=1S/C19H17ClN6O8S2/c20-2-7-5-35-17-13(16(30)26(17)14(7)18(31)32)23-15(29)12(9-6-36-19(21)22-9)24-34-4-8-1-10(27)11(28)3-25(8)33/h1,3,6,13,17,28,33H,2,4-5H2,(H2,21,22)(H,23,29)(H,31,32)/b24-12-/t13-,17-/m1/s1. The van der Waals surface area contributed by atoms with Crippen LogP contribution in [-0.2, 0) is 25.8 Å². The Balaban J connectivity index is 1.53. The third kappa shape index (κ3) is 4.69. The van der Waals surface area contributed by atoms with E-state index in [9.17, 15) is 34.6 Å². The van der Waals surface area contributed by atoms with E-state index in [4.69, 9.17) is 22.2 Å². The molecule has 2 amide bonds. The van der Waals surface area contributed by atoms with Crippen molar-refractivity contribution in [3.8, 4) is 5.75 Å². The predicted molar refractivity (Wildman–Crippen MR) is 128 cm³/mol. The molecule has 2 aromatic rings. The number of alkyl halides is 1. The Morgan fingerprint density at radius 1 is 1.39 bits per heavy atom. The number of carbonyl (C=O) groups is 3. The first-order chi connectivity index (χ1) is 17.1. The SMILES string of the molecule is Nc1nc(/C(=N/OCc2cc(=O)c(O)cn2O)C(=O)N[C@@H]2C(=O)N3C(C(=O)O)=C(CCl)CS[C@H]23)cs1. The van der Waals surface area contributed by atoms with E-state index in [2.05, 4.69) is 15.5 Å². The highest BCUT2D eigenvalue weighted by Gasteiger charge is 2.54. The molecule has 2 aliphatic heterocycles. The molecule has 0 saturated carbocycles. The Morgan fingerprint density at radius 2 is 2.14 bits per heavy atom. The van der Waals surface area contributed by atoms with E-state index in [-0.39, 0.29) is 39.6 Å². The fraction of sp³-hybridized carbons (Fsp3) is 0.263. The molecule has 0 radical (unpaired) electrons. The summed E-state index contributed by atoms with van der Waals surface area (Å²) in [5.41, 5.74) is 4.70. The van der Waals surface area contributed by atoms with Gasteiger partial charge in [-0.2, -0.15) is 4.73 Å². The van der Waals surface area contributed by atoms with Crippen LogP contribution in [0.5, 0.6) is 5.75 Å². The summed E-state index contributed by atoms with van der Waals surface area (Å²) in [7, 11) is 0. The summed E-state index contributed by atoms with van der Waals surface area (Å²) in [6.45, 7) is -0.467. The number of halogens is 1. The first-order valence-corrected chi connectivity index (χ1v) is 12.4. The van der Waals surface area contributed by atoms with Crippen LogP contribution >= 0.6 is 34.7 Å². The molecule has 0 bridgehead atoms. The fourth-order valence-electron chi connectivity index (χ4n) is 3.42. The lowest BCUT2D eigenvalue weighted by Crippen LogP contribution is -2.71. The van der Waals surface area contributed by atoms with E-state index in [0.29, 0.717) is 10.3 Å². The number of hydrogen-bond donors (Lipinski definition) is 5. The van der Waals surface area contributed by atoms with Crippen LogP contribution < -0.4 is 16.5 Å². The molecule has 2 aliphatic rings. The zero-order valence-electron chi connectivity index (χ0n) is 18.0. The minimum Gasteiger partial charge on any atom is -0.503 e. The van der Waals surface area contributed by atoms with Gasteiger partial charge in [-0.3, -0.25) is 19.3 Å². The fourth-order valence-corrected chi connectivity index (χ4v) is 5.65. The van der Waals surface area contributed by atoms with E-state index in [1.807, 2.05) is 0 Å². The van der Waals surface area contributed by atoms with Gasteiger partial charge in [0.25, 0.3) is 11.8 Å². The molecule has 0 aliphatic carbocycles. The smallest absolute Gasteiger partial charge is 0.352 e. The van der Waals surface area contributed by atoms with Crippen LogP contribution in [-0.4, -0.2) is 76.6 Å². The van der Waals surface area contributed by atoms with Gasteiger partial charge in [-0.15, -0.1) is 34.7 Å². The minimum absolute atomic E-state index is 0.0394. The first-order valence-electron chi connectivity index (χ1n) is 9.94. The van der Waals surface area contributed by atoms with Crippen LogP contribution in [0.4, 0.5) is 5.13 Å². The number of nitrogens with zero attached hydrogens (tertiary/aromatic N) is 4. The highest BCUT2D eigenvalue weighted by atomic mass is 35.5. The van der Waals surface area contributed by atoms with Gasteiger partial charge in [0.2, 0.25) is 5.43 Å². The summed E-state index contributed by atoms with van der Waals surface area (Å²) in [4.78, 5) is 59.3. The van der Waals surface area contributed by atoms with Crippen molar-refractivity contribution in [2.45, 2.75) is 18.0 Å². The lowest BCUT2D eigenvalue weighted by molar-refractivity contribution is -0.150. The van der Waals surface area contributed by atoms with Crippen molar-refractivity contribution in [3.63, 3.8) is 0 Å². The van der Waals surface area contributed by atoms with Crippen LogP contribution in [0.15, 0.2) is 38.9 Å². The van der Waals surface area contributed by atoms with Gasteiger partial charge >= 0.3 is 5.97 Å². The Bertz CT molecular complexity index is 1370. The van der Waals surface area contributed by atoms with Gasteiger partial charge in [-0.05, 0) is 5.57 Å². The molecule has 6 N–H and O–H groups in total. The number of nitrogen functional groups attached to an aromatic ring is 1. The van der Waals surface area contributed by atoms with Crippen molar-refractivity contribution in [2.75, 3.05) is 17.4 Å². The Morgan fingerprint density at radius 3 is 2.78 bits per heavy atom. The maximum absolute atomic E-state index is 13.1. The van der Waals surface area contributed by atoms with Gasteiger partial charge in [0, 0.05) is 23.1 Å². The maximum Gasteiger partial charge on any atom is 0.352 e. The van der Waals surface area contributed by atoms with Crippen molar-refractivity contribution in [2.24, 2.45) is 5.16 Å². The predicted octanol–water partition coefficient (Wildman–Crippen LogP) is -0.272. The van der Waals surface area contributed by atoms with Gasteiger partial charge in [-0.1, -0.05) is 5.16 Å². The van der Waals surface area contributed by atoms with Crippen LogP contribution in [0.3, 0.4) is 0 Å². The summed E-state index contributed by atoms with van der Waals surface area (Å²) in [6.07, 6.45) is 0.769. The summed E-state index contributed by atoms with van der Waals surface area (Å²) < 4.78 is 0.456. The van der Waals surface area contributed by atoms with Gasteiger partial charge in [-0.25, -0.2) is 9.78 Å². The molecule has 0 spiro atoms. The van der Waals surface area contributed by atoms with E-state index >= 15 is 0 Å². The van der Waals surface area contributed by atoms with E-state index < -0.39 is 47.0 Å². The number of aliphatic carboxylic acids is 1. The molecule has 1 fully saturated rings. The summed E-state index contributed by atoms with van der Waals surface area (Å²) in [5, 5.41) is 35.8. The number of hydrogen-bond acceptors (Lipinski definition) is 12. The summed E-state index contributed by atoms with van der Waals surface area (Å²) in [6, 6.07) is -0.134. The van der Waals surface area contributed by atoms with Gasteiger partial charge < -0.3 is 31.3 Å². The van der Waals surface area contributed by atoms with Crippen molar-refractivity contribution in [1.82, 2.24) is 19.9 Å². The van der Waals surface area contributed by atoms with Crippen molar-refractivity contribution in [1.29, 1.82) is 0 Å². The minimum atomic E-state index is -1.29. The number of rotatable bonds is 8. The third-order valence-electron chi connectivity index (χ3n) is 5.13. The number of carboxylic acids is 1. The zero-order valence-corrected chi connectivity index (χ0v) is 20.3. The molecular formula is C19H17ClN6O8S2. The lowest BCUT2D eigenvalue weighted by Gasteiger charge is -2.49. The van der Waals surface area contributed by atoms with Crippen molar-refractivity contribution >= 4 is 63.3 Å². The van der Waals surface area contributed by atoms with Gasteiger partial charge in [0.15, 0.2) is 23.2 Å². The number of thiazole rings is 1. The van der Waals surface area contributed by atoms with Crippen LogP contribution in [0.2, 0.25) is 0 Å². The highest BCUT2D eigenvalue weighted by Crippen LogP contribution is 2.40.